The van der Waals surface area contributed by atoms with E-state index in [1.165, 1.54) is 12.8 Å². The van der Waals surface area contributed by atoms with Crippen molar-refractivity contribution in [1.29, 1.82) is 0 Å². The first kappa shape index (κ1) is 12.8. The standard InChI is InChI=1S/C13H14Br2/c1-2-3-7-12(14)10-9-11-6-4-5-8-13(11)15/h4-6,8-9H,2-3,7H2,1H3. The second-order valence-electron chi connectivity index (χ2n) is 3.32. The molecule has 0 heterocycles. The number of benzene rings is 1. The maximum Gasteiger partial charge on any atom is 0.0368 e. The van der Waals surface area contributed by atoms with Gasteiger partial charge in [-0.25, -0.2) is 0 Å². The fourth-order valence-electron chi connectivity index (χ4n) is 1.15. The molecule has 0 unspecified atom stereocenters. The average Bonchev–Trinajstić information content (AvgIpc) is 2.25. The molecule has 0 N–H and O–H groups in total. The van der Waals surface area contributed by atoms with Crippen LogP contribution in [0, 0.1) is 0 Å². The fraction of sp³-hybridized carbons (Fsp3) is 0.308. The minimum atomic E-state index is 1.07. The smallest absolute Gasteiger partial charge is 0.0368 e. The van der Waals surface area contributed by atoms with E-state index in [1.807, 2.05) is 24.3 Å². The largest absolute Gasteiger partial charge is 0.109 e. The molecule has 0 bridgehead atoms. The van der Waals surface area contributed by atoms with Gasteiger partial charge in [-0.1, -0.05) is 47.5 Å². The van der Waals surface area contributed by atoms with Gasteiger partial charge in [-0.2, -0.15) is 0 Å². The summed E-state index contributed by atoms with van der Waals surface area (Å²) in [7, 11) is 0. The Morgan fingerprint density at radius 3 is 2.80 bits per heavy atom. The summed E-state index contributed by atoms with van der Waals surface area (Å²) < 4.78 is 2.24. The average molecular weight is 330 g/mol. The highest BCUT2D eigenvalue weighted by molar-refractivity contribution is 9.11. The molecule has 0 fully saturated rings. The Kier molecular flexibility index (Phi) is 6.00. The molecule has 0 aliphatic rings. The van der Waals surface area contributed by atoms with Crippen molar-refractivity contribution in [3.63, 3.8) is 0 Å². The second kappa shape index (κ2) is 7.05. The van der Waals surface area contributed by atoms with Crippen LogP contribution in [0.25, 0.3) is 6.08 Å². The molecule has 0 aliphatic heterocycles. The Balaban J connectivity index is 2.76. The highest BCUT2D eigenvalue weighted by Gasteiger charge is 1.92. The normalized spacial score (nSPS) is 9.53. The molecule has 0 saturated heterocycles. The van der Waals surface area contributed by atoms with Crippen LogP contribution in [0.2, 0.25) is 0 Å². The molecule has 0 spiro atoms. The topological polar surface area (TPSA) is 0 Å². The predicted octanol–water partition coefficient (Wildman–Crippen LogP) is 5.53. The van der Waals surface area contributed by atoms with Crippen molar-refractivity contribution in [2.24, 2.45) is 0 Å². The minimum absolute atomic E-state index is 1.07. The van der Waals surface area contributed by atoms with E-state index in [9.17, 15) is 0 Å². The molecule has 0 radical (unpaired) electrons. The summed E-state index contributed by atoms with van der Waals surface area (Å²) in [6, 6.07) is 8.14. The summed E-state index contributed by atoms with van der Waals surface area (Å²) in [6.45, 7) is 2.19. The molecule has 80 valence electrons. The SMILES string of the molecule is CCCCC(Br)=C=Cc1ccccc1Br. The van der Waals surface area contributed by atoms with E-state index >= 15 is 0 Å². The zero-order valence-corrected chi connectivity index (χ0v) is 11.9. The lowest BCUT2D eigenvalue weighted by molar-refractivity contribution is 0.811. The van der Waals surface area contributed by atoms with Gasteiger partial charge in [-0.3, -0.25) is 0 Å². The number of unbranched alkanes of at least 4 members (excludes halogenated alkanes) is 1. The lowest BCUT2D eigenvalue weighted by atomic mass is 10.2. The van der Waals surface area contributed by atoms with E-state index in [4.69, 9.17) is 0 Å². The first-order chi connectivity index (χ1) is 7.24. The van der Waals surface area contributed by atoms with E-state index < -0.39 is 0 Å². The van der Waals surface area contributed by atoms with Crippen molar-refractivity contribution in [2.75, 3.05) is 0 Å². The number of rotatable bonds is 4. The zero-order valence-electron chi connectivity index (χ0n) is 8.76. The first-order valence-electron chi connectivity index (χ1n) is 5.09. The molecular formula is C13H14Br2. The first-order valence-corrected chi connectivity index (χ1v) is 6.68. The Morgan fingerprint density at radius 1 is 1.40 bits per heavy atom. The summed E-state index contributed by atoms with van der Waals surface area (Å²) in [4.78, 5) is 0. The van der Waals surface area contributed by atoms with Crippen LogP contribution < -0.4 is 0 Å². The van der Waals surface area contributed by atoms with Crippen LogP contribution in [-0.2, 0) is 0 Å². The van der Waals surface area contributed by atoms with E-state index in [-0.39, 0.29) is 0 Å². The number of halogens is 2. The van der Waals surface area contributed by atoms with Gasteiger partial charge in [-0.05, 0) is 46.5 Å². The lowest BCUT2D eigenvalue weighted by Gasteiger charge is -1.95. The van der Waals surface area contributed by atoms with Gasteiger partial charge in [0.2, 0.25) is 0 Å². The zero-order chi connectivity index (χ0) is 11.1. The summed E-state index contributed by atoms with van der Waals surface area (Å²) in [5.41, 5.74) is 4.41. The van der Waals surface area contributed by atoms with Crippen LogP contribution >= 0.6 is 31.9 Å². The Morgan fingerprint density at radius 2 is 2.13 bits per heavy atom. The van der Waals surface area contributed by atoms with Gasteiger partial charge in [0.15, 0.2) is 0 Å². The highest BCUT2D eigenvalue weighted by Crippen LogP contribution is 2.18. The monoisotopic (exact) mass is 328 g/mol. The molecule has 0 amide bonds. The lowest BCUT2D eigenvalue weighted by Crippen LogP contribution is -1.73. The third-order valence-electron chi connectivity index (χ3n) is 2.04. The highest BCUT2D eigenvalue weighted by atomic mass is 79.9. The molecule has 15 heavy (non-hydrogen) atoms. The van der Waals surface area contributed by atoms with Crippen LogP contribution in [0.5, 0.6) is 0 Å². The molecule has 0 atom stereocenters. The fourth-order valence-corrected chi connectivity index (χ4v) is 1.95. The number of hydrogen-bond acceptors (Lipinski definition) is 0. The van der Waals surface area contributed by atoms with Crippen molar-refractivity contribution in [3.05, 3.63) is 44.5 Å². The van der Waals surface area contributed by atoms with Crippen molar-refractivity contribution in [2.45, 2.75) is 26.2 Å². The summed E-state index contributed by atoms with van der Waals surface area (Å²) >= 11 is 7.02. The molecule has 2 heteroatoms. The van der Waals surface area contributed by atoms with Crippen molar-refractivity contribution < 1.29 is 0 Å². The molecule has 1 aromatic carbocycles. The van der Waals surface area contributed by atoms with Crippen LogP contribution in [0.3, 0.4) is 0 Å². The maximum absolute atomic E-state index is 3.52. The Labute approximate surface area is 108 Å². The Hall–Kier alpha value is -0.300. The van der Waals surface area contributed by atoms with Gasteiger partial charge >= 0.3 is 0 Å². The van der Waals surface area contributed by atoms with Gasteiger partial charge in [0.05, 0.1) is 0 Å². The minimum Gasteiger partial charge on any atom is -0.109 e. The quantitative estimate of drug-likeness (QED) is 0.637. The van der Waals surface area contributed by atoms with Crippen LogP contribution in [0.4, 0.5) is 0 Å². The third kappa shape index (κ3) is 4.83. The van der Waals surface area contributed by atoms with Gasteiger partial charge in [-0.15, -0.1) is 5.73 Å². The molecule has 0 nitrogen and oxygen atoms in total. The summed E-state index contributed by atoms with van der Waals surface area (Å²) in [5.74, 6) is 0. The molecule has 0 saturated carbocycles. The van der Waals surface area contributed by atoms with Gasteiger partial charge in [0, 0.05) is 8.96 Å². The van der Waals surface area contributed by atoms with Gasteiger partial charge in [0.1, 0.15) is 0 Å². The van der Waals surface area contributed by atoms with Crippen molar-refractivity contribution in [1.82, 2.24) is 0 Å². The van der Waals surface area contributed by atoms with Crippen LogP contribution in [0.15, 0.2) is 39.0 Å². The third-order valence-corrected chi connectivity index (χ3v) is 3.39. The van der Waals surface area contributed by atoms with Crippen molar-refractivity contribution >= 4 is 37.9 Å². The molecule has 0 aromatic heterocycles. The van der Waals surface area contributed by atoms with E-state index in [2.05, 4.69) is 50.6 Å². The van der Waals surface area contributed by atoms with E-state index in [0.29, 0.717) is 0 Å². The molecular weight excluding hydrogens is 316 g/mol. The Bertz CT molecular complexity index is 374. The van der Waals surface area contributed by atoms with E-state index in [0.717, 1.165) is 20.9 Å². The van der Waals surface area contributed by atoms with Gasteiger partial charge in [0.25, 0.3) is 0 Å². The van der Waals surface area contributed by atoms with Crippen LogP contribution in [-0.4, -0.2) is 0 Å². The molecule has 1 aromatic rings. The molecule has 0 aliphatic carbocycles. The summed E-state index contributed by atoms with van der Waals surface area (Å²) in [6.07, 6.45) is 5.49. The van der Waals surface area contributed by atoms with Crippen LogP contribution in [0.1, 0.15) is 31.7 Å². The van der Waals surface area contributed by atoms with Crippen molar-refractivity contribution in [3.8, 4) is 0 Å². The van der Waals surface area contributed by atoms with Gasteiger partial charge < -0.3 is 0 Å². The van der Waals surface area contributed by atoms with E-state index in [1.54, 1.807) is 0 Å². The molecule has 1 rings (SSSR count). The number of allylic oxidation sites excluding steroid dienone is 1. The predicted molar refractivity (Wildman–Crippen MR) is 74.1 cm³/mol. The second-order valence-corrected chi connectivity index (χ2v) is 5.13. The number of hydrogen-bond donors (Lipinski definition) is 0. The maximum atomic E-state index is 3.52. The summed E-state index contributed by atoms with van der Waals surface area (Å²) in [5, 5.41) is 0.